The lowest BCUT2D eigenvalue weighted by Crippen LogP contribution is -2.30. The highest BCUT2D eigenvalue weighted by molar-refractivity contribution is 5.79. The average molecular weight is 275 g/mol. The van der Waals surface area contributed by atoms with Crippen molar-refractivity contribution in [3.63, 3.8) is 0 Å². The number of rotatable bonds is 6. The summed E-state index contributed by atoms with van der Waals surface area (Å²) in [5.41, 5.74) is 1.04. The van der Waals surface area contributed by atoms with Crippen molar-refractivity contribution in [1.29, 1.82) is 0 Å². The first-order valence-electron chi connectivity index (χ1n) is 7.39. The van der Waals surface area contributed by atoms with Crippen molar-refractivity contribution in [2.45, 2.75) is 25.8 Å². The van der Waals surface area contributed by atoms with Crippen LogP contribution in [0, 0.1) is 11.8 Å². The highest BCUT2D eigenvalue weighted by atomic mass is 16.5. The molecule has 3 rings (SSSR count). The average Bonchev–Trinajstić information content (AvgIpc) is 3.14. The van der Waals surface area contributed by atoms with Crippen LogP contribution >= 0.6 is 0 Å². The number of nitrogens with one attached hydrogen (secondary N) is 1. The molecule has 1 aromatic rings. The molecule has 1 amide bonds. The fourth-order valence-electron chi connectivity index (χ4n) is 2.35. The van der Waals surface area contributed by atoms with Gasteiger partial charge in [0.05, 0.1) is 19.1 Å². The molecule has 1 aliphatic carbocycles. The van der Waals surface area contributed by atoms with Crippen molar-refractivity contribution in [2.24, 2.45) is 11.8 Å². The second kappa shape index (κ2) is 6.27. The van der Waals surface area contributed by atoms with E-state index in [1.54, 1.807) is 0 Å². The molecule has 1 saturated heterocycles. The van der Waals surface area contributed by atoms with E-state index in [1.807, 2.05) is 24.3 Å². The maximum Gasteiger partial charge on any atom is 0.225 e. The fourth-order valence-corrected chi connectivity index (χ4v) is 2.35. The molecule has 2 aliphatic rings. The van der Waals surface area contributed by atoms with E-state index in [-0.39, 0.29) is 11.8 Å². The smallest absolute Gasteiger partial charge is 0.225 e. The Morgan fingerprint density at radius 3 is 2.90 bits per heavy atom. The molecule has 1 atom stereocenters. The number of para-hydroxylation sites is 1. The standard InChI is InChI=1S/C16H21NO3/c18-16(14-7-8-19-11-14)17-9-13-3-1-2-4-15(13)20-10-12-5-6-12/h1-4,12,14H,5-11H2,(H,17,18)/t14-/m1/s1. The molecular formula is C16H21NO3. The van der Waals surface area contributed by atoms with Gasteiger partial charge in [-0.3, -0.25) is 4.79 Å². The van der Waals surface area contributed by atoms with E-state index in [0.717, 1.165) is 30.3 Å². The Balaban J connectivity index is 1.54. The van der Waals surface area contributed by atoms with Crippen LogP contribution in [0.25, 0.3) is 0 Å². The third-order valence-electron chi connectivity index (χ3n) is 3.90. The first kappa shape index (κ1) is 13.4. The Hall–Kier alpha value is -1.55. The molecule has 0 aromatic heterocycles. The summed E-state index contributed by atoms with van der Waals surface area (Å²) in [4.78, 5) is 12.0. The maximum absolute atomic E-state index is 12.0. The lowest BCUT2D eigenvalue weighted by Gasteiger charge is -2.13. The van der Waals surface area contributed by atoms with E-state index in [1.165, 1.54) is 12.8 Å². The van der Waals surface area contributed by atoms with E-state index in [9.17, 15) is 4.79 Å². The normalized spacial score (nSPS) is 21.7. The van der Waals surface area contributed by atoms with E-state index in [2.05, 4.69) is 5.32 Å². The third kappa shape index (κ3) is 3.51. The Bertz CT molecular complexity index is 465. The summed E-state index contributed by atoms with van der Waals surface area (Å²) in [6.07, 6.45) is 3.38. The largest absolute Gasteiger partial charge is 0.493 e. The molecule has 1 heterocycles. The summed E-state index contributed by atoms with van der Waals surface area (Å²) < 4.78 is 11.1. The number of carbonyl (C=O) groups is 1. The number of ether oxygens (including phenoxy) is 2. The number of amides is 1. The van der Waals surface area contributed by atoms with Gasteiger partial charge in [-0.1, -0.05) is 18.2 Å². The zero-order valence-electron chi connectivity index (χ0n) is 11.6. The van der Waals surface area contributed by atoms with Gasteiger partial charge in [-0.25, -0.2) is 0 Å². The number of hydrogen-bond donors (Lipinski definition) is 1. The summed E-state index contributed by atoms with van der Waals surface area (Å²) in [5, 5.41) is 2.99. The van der Waals surface area contributed by atoms with Gasteiger partial charge in [-0.05, 0) is 31.2 Å². The molecule has 4 heteroatoms. The summed E-state index contributed by atoms with van der Waals surface area (Å²) in [5.74, 6) is 1.71. The molecule has 1 saturated carbocycles. The van der Waals surface area contributed by atoms with Crippen molar-refractivity contribution in [1.82, 2.24) is 5.32 Å². The number of hydrogen-bond acceptors (Lipinski definition) is 3. The predicted octanol–water partition coefficient (Wildman–Crippen LogP) is 2.13. The number of carbonyl (C=O) groups excluding carboxylic acids is 1. The van der Waals surface area contributed by atoms with Crippen LogP contribution in [0.1, 0.15) is 24.8 Å². The van der Waals surface area contributed by atoms with Gasteiger partial charge in [-0.15, -0.1) is 0 Å². The van der Waals surface area contributed by atoms with E-state index in [4.69, 9.17) is 9.47 Å². The lowest BCUT2D eigenvalue weighted by molar-refractivity contribution is -0.125. The third-order valence-corrected chi connectivity index (χ3v) is 3.90. The zero-order valence-corrected chi connectivity index (χ0v) is 11.6. The van der Waals surface area contributed by atoms with Gasteiger partial charge in [-0.2, -0.15) is 0 Å². The zero-order chi connectivity index (χ0) is 13.8. The van der Waals surface area contributed by atoms with Gasteiger partial charge in [0.25, 0.3) is 0 Å². The maximum atomic E-state index is 12.0. The first-order valence-corrected chi connectivity index (χ1v) is 7.39. The van der Waals surface area contributed by atoms with Crippen molar-refractivity contribution < 1.29 is 14.3 Å². The molecule has 1 aromatic carbocycles. The van der Waals surface area contributed by atoms with Gasteiger partial charge in [0, 0.05) is 18.7 Å². The molecule has 20 heavy (non-hydrogen) atoms. The van der Waals surface area contributed by atoms with Crippen LogP contribution in [-0.2, 0) is 16.1 Å². The Labute approximate surface area is 119 Å². The van der Waals surface area contributed by atoms with Gasteiger partial charge < -0.3 is 14.8 Å². The summed E-state index contributed by atoms with van der Waals surface area (Å²) in [7, 11) is 0. The van der Waals surface area contributed by atoms with E-state index < -0.39 is 0 Å². The molecule has 1 N–H and O–H groups in total. The summed E-state index contributed by atoms with van der Waals surface area (Å²) in [6, 6.07) is 7.93. The minimum absolute atomic E-state index is 0.00884. The highest BCUT2D eigenvalue weighted by Gasteiger charge is 2.24. The molecule has 0 radical (unpaired) electrons. The van der Waals surface area contributed by atoms with Crippen LogP contribution in [-0.4, -0.2) is 25.7 Å². The van der Waals surface area contributed by atoms with Crippen LogP contribution in [0.4, 0.5) is 0 Å². The molecule has 0 unspecified atom stereocenters. The number of benzene rings is 1. The first-order chi connectivity index (χ1) is 9.83. The van der Waals surface area contributed by atoms with Crippen molar-refractivity contribution in [2.75, 3.05) is 19.8 Å². The van der Waals surface area contributed by atoms with Gasteiger partial charge >= 0.3 is 0 Å². The molecule has 108 valence electrons. The molecule has 0 bridgehead atoms. The monoisotopic (exact) mass is 275 g/mol. The van der Waals surface area contributed by atoms with E-state index in [0.29, 0.717) is 19.8 Å². The van der Waals surface area contributed by atoms with Crippen molar-refractivity contribution in [3.8, 4) is 5.75 Å². The molecule has 4 nitrogen and oxygen atoms in total. The molecular weight excluding hydrogens is 254 g/mol. The van der Waals surface area contributed by atoms with E-state index >= 15 is 0 Å². The Morgan fingerprint density at radius 1 is 1.30 bits per heavy atom. The SMILES string of the molecule is O=C(NCc1ccccc1OCC1CC1)[C@@H]1CCOC1. The Morgan fingerprint density at radius 2 is 2.15 bits per heavy atom. The van der Waals surface area contributed by atoms with Crippen molar-refractivity contribution >= 4 is 5.91 Å². The minimum Gasteiger partial charge on any atom is -0.493 e. The second-order valence-electron chi connectivity index (χ2n) is 5.64. The Kier molecular flexibility index (Phi) is 4.21. The van der Waals surface area contributed by atoms with Gasteiger partial charge in [0.2, 0.25) is 5.91 Å². The lowest BCUT2D eigenvalue weighted by atomic mass is 10.1. The van der Waals surface area contributed by atoms with Gasteiger partial charge in [0.15, 0.2) is 0 Å². The van der Waals surface area contributed by atoms with Gasteiger partial charge in [0.1, 0.15) is 5.75 Å². The summed E-state index contributed by atoms with van der Waals surface area (Å²) >= 11 is 0. The van der Waals surface area contributed by atoms with Crippen LogP contribution in [0.2, 0.25) is 0 Å². The molecule has 0 spiro atoms. The molecule has 2 fully saturated rings. The molecule has 1 aliphatic heterocycles. The fraction of sp³-hybridized carbons (Fsp3) is 0.562. The summed E-state index contributed by atoms with van der Waals surface area (Å²) in [6.45, 7) is 2.56. The van der Waals surface area contributed by atoms with Crippen LogP contribution in [0.3, 0.4) is 0 Å². The second-order valence-corrected chi connectivity index (χ2v) is 5.64. The van der Waals surface area contributed by atoms with Crippen LogP contribution < -0.4 is 10.1 Å². The predicted molar refractivity (Wildman–Crippen MR) is 75.4 cm³/mol. The minimum atomic E-state index is 0.00884. The van der Waals surface area contributed by atoms with Crippen LogP contribution in [0.15, 0.2) is 24.3 Å². The quantitative estimate of drug-likeness (QED) is 0.865. The van der Waals surface area contributed by atoms with Crippen LogP contribution in [0.5, 0.6) is 5.75 Å². The highest BCUT2D eigenvalue weighted by Crippen LogP contribution is 2.30. The topological polar surface area (TPSA) is 47.6 Å². The van der Waals surface area contributed by atoms with Crippen molar-refractivity contribution in [3.05, 3.63) is 29.8 Å².